The quantitative estimate of drug-likeness (QED) is 0.499. The topological polar surface area (TPSA) is 104 Å². The molecule has 3 aromatic rings. The van der Waals surface area contributed by atoms with Gasteiger partial charge in [-0.1, -0.05) is 18.2 Å². The number of carbonyl (C=O) groups excluding carboxylic acids is 1. The number of benzene rings is 2. The summed E-state index contributed by atoms with van der Waals surface area (Å²) in [5, 5.41) is 13.6. The Balaban J connectivity index is 1.32. The highest BCUT2D eigenvalue weighted by Crippen LogP contribution is 2.42. The van der Waals surface area contributed by atoms with Crippen molar-refractivity contribution in [1.29, 1.82) is 5.26 Å². The third kappa shape index (κ3) is 4.95. The summed E-state index contributed by atoms with van der Waals surface area (Å²) in [6.07, 6.45) is 4.79. The molecule has 2 aromatic carbocycles. The molecule has 3 N–H and O–H groups in total. The van der Waals surface area contributed by atoms with Crippen LogP contribution in [0.2, 0.25) is 0 Å². The van der Waals surface area contributed by atoms with Crippen molar-refractivity contribution >= 4 is 17.4 Å². The Labute approximate surface area is 215 Å². The fraction of sp³-hybridized carbons (Fsp3) is 0.393. The van der Waals surface area contributed by atoms with E-state index in [1.54, 1.807) is 11.3 Å². The number of aromatic nitrogens is 1. The minimum Gasteiger partial charge on any atom is -0.490 e. The third-order valence-electron chi connectivity index (χ3n) is 6.89. The first kappa shape index (κ1) is 24.3. The Morgan fingerprint density at radius 2 is 2.19 bits per heavy atom. The Morgan fingerprint density at radius 3 is 2.94 bits per heavy atom. The van der Waals surface area contributed by atoms with E-state index in [0.717, 1.165) is 41.3 Å². The molecule has 2 atom stereocenters. The predicted molar refractivity (Wildman–Crippen MR) is 142 cm³/mol. The molecule has 2 amide bonds. The van der Waals surface area contributed by atoms with Gasteiger partial charge in [0.15, 0.2) is 0 Å². The Hall–Kier alpha value is -3.41. The van der Waals surface area contributed by atoms with Gasteiger partial charge >= 0.3 is 6.03 Å². The zero-order valence-corrected chi connectivity index (χ0v) is 21.5. The Bertz CT molecular complexity index is 1310. The van der Waals surface area contributed by atoms with Crippen LogP contribution in [0, 0.1) is 11.3 Å². The van der Waals surface area contributed by atoms with Crippen molar-refractivity contribution in [2.24, 2.45) is 5.73 Å². The van der Waals surface area contributed by atoms with Gasteiger partial charge in [0.1, 0.15) is 16.8 Å². The molecule has 1 aliphatic heterocycles. The minimum absolute atomic E-state index is 0.00486. The summed E-state index contributed by atoms with van der Waals surface area (Å²) >= 11 is 1.63. The van der Waals surface area contributed by atoms with Crippen molar-refractivity contribution in [2.45, 2.75) is 51.2 Å². The lowest BCUT2D eigenvalue weighted by Gasteiger charge is -2.19. The number of amides is 2. The second-order valence-corrected chi connectivity index (χ2v) is 10.8. The van der Waals surface area contributed by atoms with E-state index in [2.05, 4.69) is 34.6 Å². The minimum atomic E-state index is -0.0128. The van der Waals surface area contributed by atoms with Crippen LogP contribution in [0.25, 0.3) is 21.0 Å². The molecule has 36 heavy (non-hydrogen) atoms. The summed E-state index contributed by atoms with van der Waals surface area (Å²) in [4.78, 5) is 20.1. The number of urea groups is 1. The smallest absolute Gasteiger partial charge is 0.317 e. The highest BCUT2D eigenvalue weighted by atomic mass is 32.1. The molecule has 0 spiro atoms. The van der Waals surface area contributed by atoms with Gasteiger partial charge in [-0.3, -0.25) is 0 Å². The summed E-state index contributed by atoms with van der Waals surface area (Å²) in [5.74, 6) is 0.902. The number of thiazole rings is 1. The van der Waals surface area contributed by atoms with Crippen LogP contribution < -0.4 is 15.8 Å². The van der Waals surface area contributed by atoms with E-state index in [0.29, 0.717) is 30.3 Å². The van der Waals surface area contributed by atoms with E-state index < -0.39 is 0 Å². The van der Waals surface area contributed by atoms with Crippen molar-refractivity contribution in [3.63, 3.8) is 0 Å². The number of hydrogen-bond acceptors (Lipinski definition) is 6. The molecule has 2 aliphatic rings. The molecule has 186 valence electrons. The zero-order valence-electron chi connectivity index (χ0n) is 20.7. The average molecular weight is 502 g/mol. The fourth-order valence-electron chi connectivity index (χ4n) is 5.12. The molecule has 8 heteroatoms. The number of fused-ring (bicyclic) bond motifs is 1. The third-order valence-corrected chi connectivity index (χ3v) is 7.97. The number of nitrogens with zero attached hydrogens (tertiary/aromatic N) is 3. The molecular formula is C28H31N5O2S. The number of nitrogens with two attached hydrogens (primary N) is 1. The molecule has 1 fully saturated rings. The van der Waals surface area contributed by atoms with Crippen LogP contribution in [-0.4, -0.2) is 47.7 Å². The number of rotatable bonds is 6. The molecule has 1 aliphatic carbocycles. The highest BCUT2D eigenvalue weighted by molar-refractivity contribution is 7.18. The van der Waals surface area contributed by atoms with Crippen LogP contribution >= 0.6 is 11.3 Å². The molecule has 1 aromatic heterocycles. The van der Waals surface area contributed by atoms with Gasteiger partial charge in [0.2, 0.25) is 0 Å². The summed E-state index contributed by atoms with van der Waals surface area (Å²) in [6.45, 7) is 5.89. The first-order valence-corrected chi connectivity index (χ1v) is 13.3. The molecule has 0 bridgehead atoms. The molecule has 5 rings (SSSR count). The van der Waals surface area contributed by atoms with Gasteiger partial charge in [-0.2, -0.15) is 5.26 Å². The molecule has 1 saturated heterocycles. The van der Waals surface area contributed by atoms with Crippen LogP contribution in [-0.2, 0) is 6.42 Å². The van der Waals surface area contributed by atoms with E-state index in [-0.39, 0.29) is 18.2 Å². The second kappa shape index (κ2) is 10.3. The lowest BCUT2D eigenvalue weighted by atomic mass is 9.98. The Morgan fingerprint density at radius 1 is 1.33 bits per heavy atom. The molecule has 0 radical (unpaired) electrons. The second-order valence-electron chi connectivity index (χ2n) is 9.81. The highest BCUT2D eigenvalue weighted by Gasteiger charge is 2.28. The van der Waals surface area contributed by atoms with E-state index in [4.69, 9.17) is 10.5 Å². The molecule has 7 nitrogen and oxygen atoms in total. The van der Waals surface area contributed by atoms with Crippen molar-refractivity contribution in [3.05, 3.63) is 59.3 Å². The summed E-state index contributed by atoms with van der Waals surface area (Å²) in [7, 11) is 0. The maximum Gasteiger partial charge on any atom is 0.317 e. The fourth-order valence-corrected chi connectivity index (χ4v) is 6.08. The van der Waals surface area contributed by atoms with E-state index in [1.807, 2.05) is 43.1 Å². The van der Waals surface area contributed by atoms with E-state index in [1.165, 1.54) is 16.7 Å². The number of hydrogen-bond donors (Lipinski definition) is 2. The lowest BCUT2D eigenvalue weighted by Crippen LogP contribution is -2.41. The molecule has 1 unspecified atom stereocenters. The summed E-state index contributed by atoms with van der Waals surface area (Å²) < 4.78 is 5.76. The summed E-state index contributed by atoms with van der Waals surface area (Å²) in [5.41, 5.74) is 11.2. The predicted octanol–water partition coefficient (Wildman–Crippen LogP) is 4.91. The maximum absolute atomic E-state index is 12.5. The van der Waals surface area contributed by atoms with Gasteiger partial charge in [-0.05, 0) is 68.0 Å². The monoisotopic (exact) mass is 501 g/mol. The van der Waals surface area contributed by atoms with E-state index >= 15 is 0 Å². The lowest BCUT2D eigenvalue weighted by molar-refractivity contribution is 0.207. The standard InChI is InChI=1S/C28H31N5O2S/c1-17(2)35-25-9-7-18(12-20(25)13-29)27-31-15-26(36-27)24-5-3-4-22-19(6-8-23(22)24)14-32-28(34)33-11-10-21(30)16-33/h3-5,7,9,12,15,17,19,21H,6,8,10-11,14,16,30H2,1-2H3,(H,32,34)/t19?,21-/m1/s1. The number of likely N-dealkylation sites (tertiary alicyclic amines) is 1. The number of nitriles is 1. The van der Waals surface area contributed by atoms with Gasteiger partial charge < -0.3 is 20.7 Å². The molecular weight excluding hydrogens is 470 g/mol. The van der Waals surface area contributed by atoms with E-state index in [9.17, 15) is 10.1 Å². The van der Waals surface area contributed by atoms with Crippen LogP contribution in [0.15, 0.2) is 42.6 Å². The Kier molecular flexibility index (Phi) is 6.95. The SMILES string of the molecule is CC(C)Oc1ccc(-c2ncc(-c3cccc4c3CCC4CNC(=O)N3CC[C@@H](N)C3)s2)cc1C#N. The van der Waals surface area contributed by atoms with Gasteiger partial charge in [0, 0.05) is 43.4 Å². The van der Waals surface area contributed by atoms with Crippen LogP contribution in [0.3, 0.4) is 0 Å². The van der Waals surface area contributed by atoms with Crippen LogP contribution in [0.1, 0.15) is 49.3 Å². The van der Waals surface area contributed by atoms with Gasteiger partial charge in [0.05, 0.1) is 16.5 Å². The van der Waals surface area contributed by atoms with Gasteiger partial charge in [-0.15, -0.1) is 11.3 Å². The molecule has 2 heterocycles. The van der Waals surface area contributed by atoms with Gasteiger partial charge in [0.25, 0.3) is 0 Å². The normalized spacial score (nSPS) is 18.8. The summed E-state index contributed by atoms with van der Waals surface area (Å²) in [6, 6.07) is 14.4. The molecule has 0 saturated carbocycles. The van der Waals surface area contributed by atoms with Crippen molar-refractivity contribution in [2.75, 3.05) is 19.6 Å². The first-order valence-electron chi connectivity index (χ1n) is 12.5. The largest absolute Gasteiger partial charge is 0.490 e. The average Bonchev–Trinajstić information content (AvgIpc) is 3.62. The van der Waals surface area contributed by atoms with Crippen molar-refractivity contribution in [3.8, 4) is 32.8 Å². The first-order chi connectivity index (χ1) is 17.4. The van der Waals surface area contributed by atoms with Crippen LogP contribution in [0.5, 0.6) is 5.75 Å². The number of nitrogens with one attached hydrogen (secondary N) is 1. The zero-order chi connectivity index (χ0) is 25.2. The van der Waals surface area contributed by atoms with Gasteiger partial charge in [-0.25, -0.2) is 9.78 Å². The number of ether oxygens (including phenoxy) is 1. The number of carbonyl (C=O) groups is 1. The van der Waals surface area contributed by atoms with Crippen molar-refractivity contribution in [1.82, 2.24) is 15.2 Å². The van der Waals surface area contributed by atoms with Crippen LogP contribution in [0.4, 0.5) is 4.79 Å². The maximum atomic E-state index is 12.5. The van der Waals surface area contributed by atoms with Crippen molar-refractivity contribution < 1.29 is 9.53 Å².